The number of alkyl halides is 3. The van der Waals surface area contributed by atoms with Gasteiger partial charge in [-0.1, -0.05) is 0 Å². The lowest BCUT2D eigenvalue weighted by molar-refractivity contribution is -0.122. The second-order valence-corrected chi connectivity index (χ2v) is 3.64. The van der Waals surface area contributed by atoms with Crippen LogP contribution in [0.15, 0.2) is 18.2 Å². The fraction of sp³-hybridized carbons (Fsp3) is 0.273. The van der Waals surface area contributed by atoms with E-state index in [9.17, 15) is 22.8 Å². The lowest BCUT2D eigenvalue weighted by Crippen LogP contribution is -2.36. The van der Waals surface area contributed by atoms with E-state index < -0.39 is 24.7 Å². The van der Waals surface area contributed by atoms with Crippen LogP contribution in [-0.4, -0.2) is 36.9 Å². The second-order valence-electron chi connectivity index (χ2n) is 3.64. The van der Waals surface area contributed by atoms with E-state index in [2.05, 4.69) is 0 Å². The van der Waals surface area contributed by atoms with E-state index in [0.29, 0.717) is 0 Å². The van der Waals surface area contributed by atoms with Gasteiger partial charge in [0.1, 0.15) is 12.3 Å². The monoisotopic (exact) mass is 292 g/mol. The molecule has 6 nitrogen and oxygen atoms in total. The van der Waals surface area contributed by atoms with E-state index in [0.717, 1.165) is 6.07 Å². The highest BCUT2D eigenvalue weighted by atomic mass is 19.4. The van der Waals surface area contributed by atoms with Crippen LogP contribution in [-0.2, 0) is 0 Å². The Labute approximate surface area is 111 Å². The molecule has 20 heavy (non-hydrogen) atoms. The third-order valence-corrected chi connectivity index (χ3v) is 2.15. The van der Waals surface area contributed by atoms with Gasteiger partial charge in [0, 0.05) is 0 Å². The highest BCUT2D eigenvalue weighted by Crippen LogP contribution is 2.22. The molecule has 0 bridgehead atoms. The Morgan fingerprint density at radius 1 is 1.35 bits per heavy atom. The van der Waals surface area contributed by atoms with Gasteiger partial charge in [-0.25, -0.2) is 9.59 Å². The van der Waals surface area contributed by atoms with Crippen LogP contribution in [0.25, 0.3) is 0 Å². The third kappa shape index (κ3) is 4.67. The Kier molecular flexibility index (Phi) is 4.78. The first-order valence-corrected chi connectivity index (χ1v) is 5.26. The van der Waals surface area contributed by atoms with E-state index in [1.54, 1.807) is 5.32 Å². The van der Waals surface area contributed by atoms with E-state index >= 15 is 0 Å². The van der Waals surface area contributed by atoms with E-state index in [1.165, 1.54) is 19.2 Å². The van der Waals surface area contributed by atoms with Gasteiger partial charge in [0.2, 0.25) is 0 Å². The van der Waals surface area contributed by atoms with Crippen molar-refractivity contribution in [1.82, 2.24) is 5.32 Å². The van der Waals surface area contributed by atoms with Gasteiger partial charge in [-0.2, -0.15) is 13.2 Å². The summed E-state index contributed by atoms with van der Waals surface area (Å²) in [5.74, 6) is -1.11. The molecule has 0 unspecified atom stereocenters. The lowest BCUT2D eigenvalue weighted by atomic mass is 10.1. The maximum absolute atomic E-state index is 11.9. The maximum atomic E-state index is 11.9. The number of ether oxygens (including phenoxy) is 1. The van der Waals surface area contributed by atoms with Gasteiger partial charge in [0.25, 0.3) is 0 Å². The van der Waals surface area contributed by atoms with Crippen LogP contribution in [0.2, 0.25) is 0 Å². The fourth-order valence-corrected chi connectivity index (χ4v) is 1.28. The molecule has 0 aromatic heterocycles. The van der Waals surface area contributed by atoms with E-state index in [-0.39, 0.29) is 17.0 Å². The minimum absolute atomic E-state index is 0.141. The summed E-state index contributed by atoms with van der Waals surface area (Å²) in [6.07, 6.45) is -4.55. The molecule has 0 aliphatic carbocycles. The Balaban J connectivity index is 2.81. The van der Waals surface area contributed by atoms with Gasteiger partial charge >= 0.3 is 18.2 Å². The highest BCUT2D eigenvalue weighted by Gasteiger charge is 2.27. The van der Waals surface area contributed by atoms with Crippen molar-refractivity contribution in [2.75, 3.05) is 19.0 Å². The molecule has 1 rings (SSSR count). The molecule has 3 N–H and O–H groups in total. The molecule has 2 amide bonds. The standard InChI is InChI=1S/C11H11F3N2O4/c1-20-6-2-3-8(7(4-6)9(17)18)16-10(19)15-5-11(12,13)14/h2-4H,5H2,1H3,(H,17,18)(H2,15,16,19). The van der Waals surface area contributed by atoms with Gasteiger partial charge in [-0.15, -0.1) is 0 Å². The van der Waals surface area contributed by atoms with Gasteiger partial charge in [0.15, 0.2) is 0 Å². The summed E-state index contributed by atoms with van der Waals surface area (Å²) in [4.78, 5) is 22.2. The van der Waals surface area contributed by atoms with Crippen molar-refractivity contribution in [2.45, 2.75) is 6.18 Å². The van der Waals surface area contributed by atoms with E-state index in [4.69, 9.17) is 9.84 Å². The molecule has 0 radical (unpaired) electrons. The minimum atomic E-state index is -4.55. The summed E-state index contributed by atoms with van der Waals surface area (Å²) in [6.45, 7) is -1.52. The number of methoxy groups -OCH3 is 1. The summed E-state index contributed by atoms with van der Waals surface area (Å²) >= 11 is 0. The number of hydrogen-bond acceptors (Lipinski definition) is 3. The number of rotatable bonds is 4. The van der Waals surface area contributed by atoms with Crippen LogP contribution < -0.4 is 15.4 Å². The van der Waals surface area contributed by atoms with Crippen molar-refractivity contribution in [2.24, 2.45) is 0 Å². The number of carbonyl (C=O) groups excluding carboxylic acids is 1. The maximum Gasteiger partial charge on any atom is 0.405 e. The Hall–Kier alpha value is -2.45. The predicted octanol–water partition coefficient (Wildman–Crippen LogP) is 2.08. The predicted molar refractivity (Wildman–Crippen MR) is 63.0 cm³/mol. The topological polar surface area (TPSA) is 87.7 Å². The van der Waals surface area contributed by atoms with E-state index in [1.807, 2.05) is 5.32 Å². The summed E-state index contributed by atoms with van der Waals surface area (Å²) < 4.78 is 40.5. The zero-order valence-corrected chi connectivity index (χ0v) is 10.2. The molecule has 0 spiro atoms. The molecular weight excluding hydrogens is 281 g/mol. The lowest BCUT2D eigenvalue weighted by Gasteiger charge is -2.12. The van der Waals surface area contributed by atoms with Crippen molar-refractivity contribution in [3.8, 4) is 5.75 Å². The van der Waals surface area contributed by atoms with Crippen molar-refractivity contribution >= 4 is 17.7 Å². The molecule has 0 saturated heterocycles. The molecule has 9 heteroatoms. The van der Waals surface area contributed by atoms with Crippen molar-refractivity contribution in [1.29, 1.82) is 0 Å². The number of benzene rings is 1. The van der Waals surface area contributed by atoms with Crippen molar-refractivity contribution < 1.29 is 32.6 Å². The normalized spacial score (nSPS) is 10.8. The summed E-state index contributed by atoms with van der Waals surface area (Å²) in [7, 11) is 1.32. The second kappa shape index (κ2) is 6.13. The number of carboxylic acid groups (broad SMARTS) is 1. The fourth-order valence-electron chi connectivity index (χ4n) is 1.28. The summed E-state index contributed by atoms with van der Waals surface area (Å²) in [6, 6.07) is 2.57. The smallest absolute Gasteiger partial charge is 0.405 e. The SMILES string of the molecule is COc1ccc(NC(=O)NCC(F)(F)F)c(C(=O)O)c1. The number of halogens is 3. The van der Waals surface area contributed by atoms with Crippen molar-refractivity contribution in [3.63, 3.8) is 0 Å². The third-order valence-electron chi connectivity index (χ3n) is 2.15. The largest absolute Gasteiger partial charge is 0.497 e. The molecule has 0 aliphatic heterocycles. The molecule has 0 aliphatic rings. The molecular formula is C11H11F3N2O4. The molecule has 0 saturated carbocycles. The Bertz CT molecular complexity index is 517. The van der Waals surface area contributed by atoms with Crippen LogP contribution in [0, 0.1) is 0 Å². The van der Waals surface area contributed by atoms with Gasteiger partial charge < -0.3 is 20.5 Å². The number of aromatic carboxylic acids is 1. The van der Waals surface area contributed by atoms with Crippen LogP contribution in [0.1, 0.15) is 10.4 Å². The summed E-state index contributed by atoms with van der Waals surface area (Å²) in [5.41, 5.74) is -0.440. The number of anilines is 1. The number of carboxylic acids is 1. The van der Waals surface area contributed by atoms with Crippen LogP contribution in [0.5, 0.6) is 5.75 Å². The number of carbonyl (C=O) groups is 2. The first-order chi connectivity index (χ1) is 9.23. The molecule has 0 atom stereocenters. The number of nitrogens with one attached hydrogen (secondary N) is 2. The average Bonchev–Trinajstić information content (AvgIpc) is 2.35. The average molecular weight is 292 g/mol. The zero-order chi connectivity index (χ0) is 15.3. The number of hydrogen-bond donors (Lipinski definition) is 3. The first-order valence-electron chi connectivity index (χ1n) is 5.26. The molecule has 0 heterocycles. The van der Waals surface area contributed by atoms with Gasteiger partial charge in [-0.3, -0.25) is 0 Å². The highest BCUT2D eigenvalue weighted by molar-refractivity contribution is 6.00. The number of amides is 2. The Morgan fingerprint density at radius 3 is 2.50 bits per heavy atom. The van der Waals surface area contributed by atoms with Crippen molar-refractivity contribution in [3.05, 3.63) is 23.8 Å². The molecule has 1 aromatic rings. The minimum Gasteiger partial charge on any atom is -0.497 e. The quantitative estimate of drug-likeness (QED) is 0.792. The molecule has 0 fully saturated rings. The van der Waals surface area contributed by atoms with Gasteiger partial charge in [0.05, 0.1) is 18.4 Å². The van der Waals surface area contributed by atoms with Crippen LogP contribution in [0.3, 0.4) is 0 Å². The Morgan fingerprint density at radius 2 is 2.00 bits per heavy atom. The number of urea groups is 1. The zero-order valence-electron chi connectivity index (χ0n) is 10.2. The molecule has 1 aromatic carbocycles. The van der Waals surface area contributed by atoms with Crippen LogP contribution in [0.4, 0.5) is 23.7 Å². The summed E-state index contributed by atoms with van der Waals surface area (Å²) in [5, 5.41) is 12.5. The first kappa shape index (κ1) is 15.6. The molecule has 110 valence electrons. The van der Waals surface area contributed by atoms with Gasteiger partial charge in [-0.05, 0) is 18.2 Å². The van der Waals surface area contributed by atoms with Crippen LogP contribution >= 0.6 is 0 Å².